The Morgan fingerprint density at radius 3 is 2.56 bits per heavy atom. The molecule has 3 heterocycles. The van der Waals surface area contributed by atoms with E-state index < -0.39 is 29.1 Å². The van der Waals surface area contributed by atoms with Crippen LogP contribution in [0.2, 0.25) is 0 Å². The van der Waals surface area contributed by atoms with E-state index in [0.29, 0.717) is 43.4 Å². The fraction of sp³-hybridized carbons (Fsp3) is 0.533. The van der Waals surface area contributed by atoms with Crippen LogP contribution in [0.5, 0.6) is 0 Å². The Morgan fingerprint density at radius 2 is 1.91 bits per heavy atom. The molecule has 232 valence electrons. The topological polar surface area (TPSA) is 129 Å². The Labute approximate surface area is 246 Å². The largest absolute Gasteiger partial charge is 0.444 e. The zero-order valence-electron chi connectivity index (χ0n) is 24.4. The minimum atomic E-state index is -4.61. The number of likely N-dealkylation sites (tertiary alicyclic amines) is 1. The van der Waals surface area contributed by atoms with Crippen LogP contribution in [0.15, 0.2) is 46.9 Å². The van der Waals surface area contributed by atoms with Crippen molar-refractivity contribution in [1.29, 1.82) is 0 Å². The first-order chi connectivity index (χ1) is 20.1. The standard InChI is InChI=1S/C30H36F4N6O3/c1-28(2,3)43-27(42)39-9-7-29(16-39)11-18(12-29)21-6-8-37-25(23(24(21)35)26(36)41)19-13-38-40(15-19)14-17-10-20(30(32,33)34)4-5-22(17)31/h4-5,10,13,15,18,21H,6-9,11-12,14,16,35H2,1-3H3,(H2,36,41). The van der Waals surface area contributed by atoms with Crippen molar-refractivity contribution in [1.82, 2.24) is 14.7 Å². The van der Waals surface area contributed by atoms with Gasteiger partial charge >= 0.3 is 12.3 Å². The van der Waals surface area contributed by atoms with E-state index in [1.165, 1.54) is 17.1 Å². The Hall–Kier alpha value is -3.90. The summed E-state index contributed by atoms with van der Waals surface area (Å²) in [6.45, 7) is 6.87. The van der Waals surface area contributed by atoms with Crippen LogP contribution >= 0.6 is 0 Å². The van der Waals surface area contributed by atoms with Crippen molar-refractivity contribution in [2.75, 3.05) is 19.6 Å². The molecule has 3 aliphatic rings. The average Bonchev–Trinajstić information content (AvgIpc) is 3.49. The minimum absolute atomic E-state index is 0.00936. The van der Waals surface area contributed by atoms with Gasteiger partial charge in [-0.05, 0) is 76.0 Å². The third-order valence-corrected chi connectivity index (χ3v) is 8.54. The molecule has 0 radical (unpaired) electrons. The third kappa shape index (κ3) is 6.40. The molecule has 1 unspecified atom stereocenters. The summed E-state index contributed by atoms with van der Waals surface area (Å²) in [7, 11) is 0. The van der Waals surface area contributed by atoms with Crippen molar-refractivity contribution >= 4 is 17.7 Å². The van der Waals surface area contributed by atoms with Crippen LogP contribution in [-0.4, -0.2) is 57.6 Å². The first-order valence-corrected chi connectivity index (χ1v) is 14.3. The quantitative estimate of drug-likeness (QED) is 0.481. The number of ether oxygens (including phenoxy) is 1. The molecule has 4 N–H and O–H groups in total. The molecule has 1 saturated carbocycles. The molecule has 1 saturated heterocycles. The fourth-order valence-corrected chi connectivity index (χ4v) is 6.56. The van der Waals surface area contributed by atoms with Crippen molar-refractivity contribution in [3.05, 3.63) is 64.4 Å². The molecule has 2 aromatic rings. The molecule has 1 aromatic heterocycles. The number of primary amides is 1. The van der Waals surface area contributed by atoms with E-state index in [2.05, 4.69) is 10.1 Å². The zero-order valence-corrected chi connectivity index (χ0v) is 24.4. The van der Waals surface area contributed by atoms with Crippen LogP contribution < -0.4 is 11.5 Å². The van der Waals surface area contributed by atoms with Crippen LogP contribution in [0.4, 0.5) is 22.4 Å². The number of rotatable bonds is 5. The molecule has 2 aliphatic heterocycles. The number of alkyl halides is 3. The highest BCUT2D eigenvalue weighted by molar-refractivity contribution is 6.28. The number of carbonyl (C=O) groups is 2. The zero-order chi connectivity index (χ0) is 31.3. The number of carbonyl (C=O) groups excluding carboxylic acids is 2. The van der Waals surface area contributed by atoms with Gasteiger partial charge in [-0.2, -0.15) is 18.3 Å². The van der Waals surface area contributed by atoms with Gasteiger partial charge in [-0.15, -0.1) is 0 Å². The number of benzene rings is 1. The molecule has 2 fully saturated rings. The summed E-state index contributed by atoms with van der Waals surface area (Å²) in [4.78, 5) is 31.6. The first kappa shape index (κ1) is 30.6. The average molecular weight is 605 g/mol. The third-order valence-electron chi connectivity index (χ3n) is 8.54. The number of amides is 2. The maximum absolute atomic E-state index is 14.3. The molecule has 1 aliphatic carbocycles. The second-order valence-electron chi connectivity index (χ2n) is 12.9. The first-order valence-electron chi connectivity index (χ1n) is 14.3. The molecule has 9 nitrogen and oxygen atoms in total. The van der Waals surface area contributed by atoms with Gasteiger partial charge in [-0.3, -0.25) is 14.5 Å². The summed E-state index contributed by atoms with van der Waals surface area (Å²) in [6, 6.07) is 2.21. The van der Waals surface area contributed by atoms with Gasteiger partial charge < -0.3 is 21.1 Å². The van der Waals surface area contributed by atoms with Crippen molar-refractivity contribution in [3.63, 3.8) is 0 Å². The van der Waals surface area contributed by atoms with Gasteiger partial charge in [0.1, 0.15) is 11.4 Å². The van der Waals surface area contributed by atoms with Crippen LogP contribution in [0.25, 0.3) is 0 Å². The number of halogens is 4. The van der Waals surface area contributed by atoms with E-state index in [0.717, 1.165) is 31.4 Å². The predicted octanol–water partition coefficient (Wildman–Crippen LogP) is 4.63. The van der Waals surface area contributed by atoms with Gasteiger partial charge in [-0.1, -0.05) is 0 Å². The molecule has 1 spiro atoms. The number of nitrogens with two attached hydrogens (primary N) is 2. The maximum Gasteiger partial charge on any atom is 0.416 e. The Kier molecular flexibility index (Phi) is 7.80. The van der Waals surface area contributed by atoms with Crippen LogP contribution in [0, 0.1) is 23.1 Å². The Bertz CT molecular complexity index is 1480. The number of hydrogen-bond donors (Lipinski definition) is 2. The monoisotopic (exact) mass is 604 g/mol. The molecular formula is C30H36F4N6O3. The molecule has 5 rings (SSSR count). The highest BCUT2D eigenvalue weighted by Crippen LogP contribution is 2.56. The highest BCUT2D eigenvalue weighted by Gasteiger charge is 2.52. The van der Waals surface area contributed by atoms with Gasteiger partial charge in [0, 0.05) is 48.6 Å². The lowest BCUT2D eigenvalue weighted by Crippen LogP contribution is -2.45. The van der Waals surface area contributed by atoms with Gasteiger partial charge in [0.2, 0.25) is 0 Å². The van der Waals surface area contributed by atoms with E-state index >= 15 is 0 Å². The predicted molar refractivity (Wildman–Crippen MR) is 150 cm³/mol. The van der Waals surface area contributed by atoms with Crippen molar-refractivity contribution < 1.29 is 31.9 Å². The van der Waals surface area contributed by atoms with E-state index in [1.807, 2.05) is 20.8 Å². The molecule has 2 amide bonds. The second kappa shape index (κ2) is 11.0. The normalized spacial score (nSPS) is 24.5. The van der Waals surface area contributed by atoms with Crippen molar-refractivity contribution in [3.8, 4) is 0 Å². The number of hydrogen-bond acceptors (Lipinski definition) is 6. The minimum Gasteiger partial charge on any atom is -0.444 e. The number of nitrogens with zero attached hydrogens (tertiary/aromatic N) is 4. The molecule has 0 bridgehead atoms. The molecule has 1 aromatic carbocycles. The van der Waals surface area contributed by atoms with E-state index in [-0.39, 0.29) is 46.7 Å². The van der Waals surface area contributed by atoms with Crippen molar-refractivity contribution in [2.24, 2.45) is 33.7 Å². The molecule has 43 heavy (non-hydrogen) atoms. The van der Waals surface area contributed by atoms with E-state index in [1.54, 1.807) is 4.90 Å². The van der Waals surface area contributed by atoms with Crippen LogP contribution in [0.1, 0.15) is 63.1 Å². The summed E-state index contributed by atoms with van der Waals surface area (Å²) in [6.07, 6.45) is 1.13. The van der Waals surface area contributed by atoms with Gasteiger partial charge in [0.25, 0.3) is 5.91 Å². The van der Waals surface area contributed by atoms with Crippen LogP contribution in [0.3, 0.4) is 0 Å². The van der Waals surface area contributed by atoms with Crippen LogP contribution in [-0.2, 0) is 22.3 Å². The fourth-order valence-electron chi connectivity index (χ4n) is 6.56. The van der Waals surface area contributed by atoms with Crippen molar-refractivity contribution in [2.45, 2.75) is 64.8 Å². The Balaban J connectivity index is 1.31. The van der Waals surface area contributed by atoms with Gasteiger partial charge in [-0.25, -0.2) is 9.18 Å². The number of allylic oxidation sites excluding steroid dienone is 1. The SMILES string of the molecule is CC(C)(C)OC(=O)N1CCC2(CC(C3CCN=C(c4cnn(Cc5cc(C(F)(F)F)ccc5F)c4)C(C(N)=O)=C3N)C2)C1. The summed E-state index contributed by atoms with van der Waals surface area (Å²) >= 11 is 0. The maximum atomic E-state index is 14.3. The summed E-state index contributed by atoms with van der Waals surface area (Å²) in [5.41, 5.74) is 11.8. The molecular weight excluding hydrogens is 568 g/mol. The van der Waals surface area contributed by atoms with E-state index in [9.17, 15) is 27.2 Å². The molecule has 1 atom stereocenters. The highest BCUT2D eigenvalue weighted by atomic mass is 19.4. The summed E-state index contributed by atoms with van der Waals surface area (Å²) in [5, 5.41) is 4.17. The summed E-state index contributed by atoms with van der Waals surface area (Å²) in [5.74, 6) is -1.49. The van der Waals surface area contributed by atoms with Gasteiger partial charge in [0.15, 0.2) is 0 Å². The smallest absolute Gasteiger partial charge is 0.416 e. The lowest BCUT2D eigenvalue weighted by Gasteiger charge is -2.48. The van der Waals surface area contributed by atoms with Gasteiger partial charge in [0.05, 0.1) is 29.6 Å². The lowest BCUT2D eigenvalue weighted by molar-refractivity contribution is -0.137. The Morgan fingerprint density at radius 1 is 1.19 bits per heavy atom. The molecule has 13 heteroatoms. The van der Waals surface area contributed by atoms with E-state index in [4.69, 9.17) is 16.2 Å². The number of aliphatic imine (C=N–C) groups is 1. The lowest BCUT2D eigenvalue weighted by atomic mass is 9.56. The number of aromatic nitrogens is 2. The second-order valence-corrected chi connectivity index (χ2v) is 12.9. The summed E-state index contributed by atoms with van der Waals surface area (Å²) < 4.78 is 60.6.